The van der Waals surface area contributed by atoms with Gasteiger partial charge in [-0.3, -0.25) is 4.79 Å². The Morgan fingerprint density at radius 3 is 2.48 bits per heavy atom. The van der Waals surface area contributed by atoms with Crippen molar-refractivity contribution in [1.29, 1.82) is 0 Å². The molecule has 0 saturated carbocycles. The van der Waals surface area contributed by atoms with E-state index in [1.165, 1.54) is 18.3 Å². The monoisotopic (exact) mass is 342 g/mol. The SMILES string of the molecule is CCOC(=O)c1ccnc(NC(=O)c2ccc(OCC(C)C)cc2)c1. The number of amides is 1. The lowest BCUT2D eigenvalue weighted by Crippen LogP contribution is -2.14. The van der Waals surface area contributed by atoms with Crippen molar-refractivity contribution in [3.63, 3.8) is 0 Å². The molecule has 0 spiro atoms. The zero-order valence-electron chi connectivity index (χ0n) is 14.6. The third kappa shape index (κ3) is 5.60. The Labute approximate surface area is 147 Å². The first kappa shape index (κ1) is 18.4. The smallest absolute Gasteiger partial charge is 0.338 e. The molecule has 0 radical (unpaired) electrons. The number of aromatic nitrogens is 1. The molecule has 6 nitrogen and oxygen atoms in total. The highest BCUT2D eigenvalue weighted by molar-refractivity contribution is 6.04. The van der Waals surface area contributed by atoms with Crippen LogP contribution < -0.4 is 10.1 Å². The molecule has 25 heavy (non-hydrogen) atoms. The van der Waals surface area contributed by atoms with E-state index in [-0.39, 0.29) is 18.3 Å². The molecule has 0 bridgehead atoms. The number of nitrogens with one attached hydrogen (secondary N) is 1. The quantitative estimate of drug-likeness (QED) is 0.779. The molecule has 1 N–H and O–H groups in total. The molecule has 0 saturated heterocycles. The number of ether oxygens (including phenoxy) is 2. The first-order valence-corrected chi connectivity index (χ1v) is 8.17. The van der Waals surface area contributed by atoms with Gasteiger partial charge in [-0.15, -0.1) is 0 Å². The third-order valence-electron chi connectivity index (χ3n) is 3.21. The summed E-state index contributed by atoms with van der Waals surface area (Å²) >= 11 is 0. The van der Waals surface area contributed by atoms with Crippen molar-refractivity contribution >= 4 is 17.7 Å². The van der Waals surface area contributed by atoms with Crippen LogP contribution in [0, 0.1) is 5.92 Å². The third-order valence-corrected chi connectivity index (χ3v) is 3.21. The van der Waals surface area contributed by atoms with Gasteiger partial charge in [0, 0.05) is 11.8 Å². The number of hydrogen-bond donors (Lipinski definition) is 1. The number of pyridine rings is 1. The molecule has 0 aliphatic carbocycles. The van der Waals surface area contributed by atoms with E-state index in [9.17, 15) is 9.59 Å². The summed E-state index contributed by atoms with van der Waals surface area (Å²) in [5.74, 6) is 0.667. The number of rotatable bonds is 7. The van der Waals surface area contributed by atoms with Crippen molar-refractivity contribution in [3.8, 4) is 5.75 Å². The maximum Gasteiger partial charge on any atom is 0.338 e. The number of carbonyl (C=O) groups excluding carboxylic acids is 2. The zero-order chi connectivity index (χ0) is 18.2. The molecule has 0 fully saturated rings. The Morgan fingerprint density at radius 1 is 1.12 bits per heavy atom. The predicted molar refractivity (Wildman–Crippen MR) is 94.9 cm³/mol. The maximum atomic E-state index is 12.3. The maximum absolute atomic E-state index is 12.3. The van der Waals surface area contributed by atoms with Crippen molar-refractivity contribution in [2.75, 3.05) is 18.5 Å². The molecule has 0 aliphatic rings. The molecule has 1 aromatic heterocycles. The number of hydrogen-bond acceptors (Lipinski definition) is 5. The van der Waals surface area contributed by atoms with Gasteiger partial charge in [0.15, 0.2) is 0 Å². The highest BCUT2D eigenvalue weighted by Gasteiger charge is 2.11. The normalized spacial score (nSPS) is 10.4. The second kappa shape index (κ2) is 8.82. The summed E-state index contributed by atoms with van der Waals surface area (Å²) in [6, 6.07) is 9.88. The van der Waals surface area contributed by atoms with E-state index in [1.54, 1.807) is 31.2 Å². The van der Waals surface area contributed by atoms with Gasteiger partial charge in [0.1, 0.15) is 11.6 Å². The minimum atomic E-state index is -0.452. The Kier molecular flexibility index (Phi) is 6.51. The van der Waals surface area contributed by atoms with E-state index in [4.69, 9.17) is 9.47 Å². The minimum absolute atomic E-state index is 0.286. The summed E-state index contributed by atoms with van der Waals surface area (Å²) in [5, 5.41) is 2.67. The lowest BCUT2D eigenvalue weighted by atomic mass is 10.2. The summed E-state index contributed by atoms with van der Waals surface area (Å²) in [4.78, 5) is 28.1. The first-order chi connectivity index (χ1) is 12.0. The molecule has 2 aromatic rings. The molecule has 1 aromatic carbocycles. The van der Waals surface area contributed by atoms with Crippen molar-refractivity contribution < 1.29 is 19.1 Å². The Bertz CT molecular complexity index is 726. The topological polar surface area (TPSA) is 77.5 Å². The number of esters is 1. The number of carbonyl (C=O) groups is 2. The number of anilines is 1. The van der Waals surface area contributed by atoms with Gasteiger partial charge in [-0.05, 0) is 49.2 Å². The van der Waals surface area contributed by atoms with E-state index in [0.29, 0.717) is 29.4 Å². The Hall–Kier alpha value is -2.89. The second-order valence-electron chi connectivity index (χ2n) is 5.83. The molecule has 1 heterocycles. The van der Waals surface area contributed by atoms with Gasteiger partial charge < -0.3 is 14.8 Å². The molecule has 0 unspecified atom stereocenters. The highest BCUT2D eigenvalue weighted by atomic mass is 16.5. The van der Waals surface area contributed by atoms with Gasteiger partial charge in [-0.2, -0.15) is 0 Å². The summed E-state index contributed by atoms with van der Waals surface area (Å²) < 4.78 is 10.5. The van der Waals surface area contributed by atoms with Crippen LogP contribution in [0.1, 0.15) is 41.5 Å². The lowest BCUT2D eigenvalue weighted by molar-refractivity contribution is 0.0526. The summed E-state index contributed by atoms with van der Waals surface area (Å²) in [7, 11) is 0. The van der Waals surface area contributed by atoms with Crippen LogP contribution in [0.25, 0.3) is 0 Å². The fourth-order valence-corrected chi connectivity index (χ4v) is 1.99. The van der Waals surface area contributed by atoms with Gasteiger partial charge in [-0.1, -0.05) is 13.8 Å². The van der Waals surface area contributed by atoms with Crippen LogP contribution in [0.3, 0.4) is 0 Å². The molecule has 6 heteroatoms. The summed E-state index contributed by atoms with van der Waals surface area (Å²) in [5.41, 5.74) is 0.810. The average molecular weight is 342 g/mol. The fraction of sp³-hybridized carbons (Fsp3) is 0.316. The van der Waals surface area contributed by atoms with Gasteiger partial charge in [0.25, 0.3) is 5.91 Å². The van der Waals surface area contributed by atoms with E-state index in [0.717, 1.165) is 0 Å². The van der Waals surface area contributed by atoms with Crippen molar-refractivity contribution in [3.05, 3.63) is 53.7 Å². The zero-order valence-corrected chi connectivity index (χ0v) is 14.6. The minimum Gasteiger partial charge on any atom is -0.493 e. The van der Waals surface area contributed by atoms with E-state index < -0.39 is 5.97 Å². The standard InChI is InChI=1S/C19H22N2O4/c1-4-24-19(23)15-9-10-20-17(11-15)21-18(22)14-5-7-16(8-6-14)25-12-13(2)3/h5-11,13H,4,12H2,1-3H3,(H,20,21,22). The molecule has 0 aliphatic heterocycles. The largest absolute Gasteiger partial charge is 0.493 e. The number of nitrogens with zero attached hydrogens (tertiary/aromatic N) is 1. The van der Waals surface area contributed by atoms with Crippen LogP contribution in [0.15, 0.2) is 42.6 Å². The van der Waals surface area contributed by atoms with E-state index in [1.807, 2.05) is 0 Å². The van der Waals surface area contributed by atoms with Crippen molar-refractivity contribution in [1.82, 2.24) is 4.98 Å². The van der Waals surface area contributed by atoms with Crippen LogP contribution >= 0.6 is 0 Å². The fourth-order valence-electron chi connectivity index (χ4n) is 1.99. The molecular weight excluding hydrogens is 320 g/mol. The van der Waals surface area contributed by atoms with Crippen LogP contribution in [-0.2, 0) is 4.74 Å². The molecule has 0 atom stereocenters. The van der Waals surface area contributed by atoms with Crippen molar-refractivity contribution in [2.45, 2.75) is 20.8 Å². The Balaban J connectivity index is 2.02. The van der Waals surface area contributed by atoms with Gasteiger partial charge >= 0.3 is 5.97 Å². The van der Waals surface area contributed by atoms with E-state index >= 15 is 0 Å². The molecular formula is C19H22N2O4. The summed E-state index contributed by atoms with van der Waals surface area (Å²) in [6.45, 7) is 6.78. The average Bonchev–Trinajstić information content (AvgIpc) is 2.61. The van der Waals surface area contributed by atoms with E-state index in [2.05, 4.69) is 24.1 Å². The molecule has 2 rings (SSSR count). The second-order valence-corrected chi connectivity index (χ2v) is 5.83. The van der Waals surface area contributed by atoms with Gasteiger partial charge in [0.2, 0.25) is 0 Å². The molecule has 1 amide bonds. The predicted octanol–water partition coefficient (Wildman–Crippen LogP) is 3.55. The van der Waals surface area contributed by atoms with Gasteiger partial charge in [0.05, 0.1) is 18.8 Å². The van der Waals surface area contributed by atoms with Crippen LogP contribution in [0.4, 0.5) is 5.82 Å². The number of benzene rings is 1. The van der Waals surface area contributed by atoms with Crippen LogP contribution in [0.2, 0.25) is 0 Å². The van der Waals surface area contributed by atoms with Crippen LogP contribution in [-0.4, -0.2) is 30.1 Å². The molecule has 132 valence electrons. The Morgan fingerprint density at radius 2 is 1.84 bits per heavy atom. The highest BCUT2D eigenvalue weighted by Crippen LogP contribution is 2.15. The first-order valence-electron chi connectivity index (χ1n) is 8.17. The van der Waals surface area contributed by atoms with Crippen molar-refractivity contribution in [2.24, 2.45) is 5.92 Å². The van der Waals surface area contributed by atoms with Gasteiger partial charge in [-0.25, -0.2) is 9.78 Å². The summed E-state index contributed by atoms with van der Waals surface area (Å²) in [6.07, 6.45) is 1.45. The van der Waals surface area contributed by atoms with Crippen LogP contribution in [0.5, 0.6) is 5.75 Å². The lowest BCUT2D eigenvalue weighted by Gasteiger charge is -2.09.